The summed E-state index contributed by atoms with van der Waals surface area (Å²) in [6.45, 7) is 1.92. The normalized spacial score (nSPS) is 10.8. The Kier molecular flexibility index (Phi) is 2.87. The summed E-state index contributed by atoms with van der Waals surface area (Å²) in [5, 5.41) is 4.31. The van der Waals surface area contributed by atoms with E-state index in [1.54, 1.807) is 23.0 Å². The average molecular weight is 319 g/mol. The highest BCUT2D eigenvalue weighted by Crippen LogP contribution is 2.28. The summed E-state index contributed by atoms with van der Waals surface area (Å²) in [7, 11) is 0. The standard InChI is InChI=1S/C13H11BrN4O/c1-8-4-12-13(16-2-3-18(12)17-8)19-11-6-9(14)5-10(15)7-11/h2-7H,15H2,1H3. The first-order chi connectivity index (χ1) is 9.11. The van der Waals surface area contributed by atoms with Crippen LogP contribution in [-0.4, -0.2) is 14.6 Å². The minimum atomic E-state index is 0.501. The van der Waals surface area contributed by atoms with Crippen molar-refractivity contribution in [1.29, 1.82) is 0 Å². The molecule has 5 nitrogen and oxygen atoms in total. The van der Waals surface area contributed by atoms with E-state index in [2.05, 4.69) is 26.0 Å². The second kappa shape index (κ2) is 4.55. The van der Waals surface area contributed by atoms with Crippen molar-refractivity contribution in [3.8, 4) is 11.6 Å². The van der Waals surface area contributed by atoms with Gasteiger partial charge in [0.1, 0.15) is 11.3 Å². The number of ether oxygens (including phenoxy) is 1. The van der Waals surface area contributed by atoms with E-state index in [1.165, 1.54) is 0 Å². The van der Waals surface area contributed by atoms with Crippen molar-refractivity contribution in [2.45, 2.75) is 6.92 Å². The zero-order valence-electron chi connectivity index (χ0n) is 10.2. The van der Waals surface area contributed by atoms with E-state index < -0.39 is 0 Å². The molecule has 19 heavy (non-hydrogen) atoms. The van der Waals surface area contributed by atoms with Gasteiger partial charge < -0.3 is 10.5 Å². The summed E-state index contributed by atoms with van der Waals surface area (Å²) in [5.74, 6) is 1.13. The Morgan fingerprint density at radius 3 is 2.89 bits per heavy atom. The zero-order chi connectivity index (χ0) is 13.4. The van der Waals surface area contributed by atoms with Crippen molar-refractivity contribution in [2.24, 2.45) is 0 Å². The fraction of sp³-hybridized carbons (Fsp3) is 0.0769. The van der Waals surface area contributed by atoms with Gasteiger partial charge in [-0.25, -0.2) is 9.50 Å². The topological polar surface area (TPSA) is 65.4 Å². The van der Waals surface area contributed by atoms with Crippen molar-refractivity contribution >= 4 is 27.1 Å². The van der Waals surface area contributed by atoms with Crippen LogP contribution in [0.25, 0.3) is 5.52 Å². The molecule has 2 aromatic heterocycles. The number of nitrogen functional groups attached to an aromatic ring is 1. The first-order valence-electron chi connectivity index (χ1n) is 5.67. The van der Waals surface area contributed by atoms with Crippen LogP contribution in [0.15, 0.2) is 41.1 Å². The molecule has 2 heterocycles. The molecule has 0 bridgehead atoms. The van der Waals surface area contributed by atoms with Crippen molar-refractivity contribution in [1.82, 2.24) is 14.6 Å². The number of hydrogen-bond donors (Lipinski definition) is 1. The largest absolute Gasteiger partial charge is 0.437 e. The molecule has 0 aliphatic carbocycles. The van der Waals surface area contributed by atoms with Gasteiger partial charge in [0.05, 0.1) is 5.69 Å². The summed E-state index contributed by atoms with van der Waals surface area (Å²) in [5.41, 5.74) is 8.13. The van der Waals surface area contributed by atoms with Gasteiger partial charge in [0.15, 0.2) is 0 Å². The van der Waals surface area contributed by atoms with Crippen LogP contribution in [0, 0.1) is 6.92 Å². The van der Waals surface area contributed by atoms with E-state index in [0.29, 0.717) is 17.3 Å². The maximum atomic E-state index is 5.78. The molecule has 96 valence electrons. The molecular weight excluding hydrogens is 308 g/mol. The Hall–Kier alpha value is -2.08. The molecule has 3 rings (SSSR count). The van der Waals surface area contributed by atoms with Gasteiger partial charge in [-0.3, -0.25) is 0 Å². The number of fused-ring (bicyclic) bond motifs is 1. The van der Waals surface area contributed by atoms with Gasteiger partial charge in [-0.15, -0.1) is 0 Å². The van der Waals surface area contributed by atoms with E-state index >= 15 is 0 Å². The molecule has 1 aromatic carbocycles. The lowest BCUT2D eigenvalue weighted by atomic mass is 10.3. The fourth-order valence-electron chi connectivity index (χ4n) is 1.85. The monoisotopic (exact) mass is 318 g/mol. The second-order valence-corrected chi connectivity index (χ2v) is 5.09. The van der Waals surface area contributed by atoms with Gasteiger partial charge in [-0.1, -0.05) is 15.9 Å². The van der Waals surface area contributed by atoms with Crippen molar-refractivity contribution in [3.63, 3.8) is 0 Å². The molecule has 0 aliphatic rings. The molecule has 2 N–H and O–H groups in total. The molecule has 3 aromatic rings. The molecule has 0 aliphatic heterocycles. The Bertz CT molecular complexity index is 733. The molecule has 0 saturated heterocycles. The van der Waals surface area contributed by atoms with Crippen LogP contribution in [0.3, 0.4) is 0 Å². The Morgan fingerprint density at radius 2 is 2.11 bits per heavy atom. The zero-order valence-corrected chi connectivity index (χ0v) is 11.8. The maximum absolute atomic E-state index is 5.78. The Morgan fingerprint density at radius 1 is 1.26 bits per heavy atom. The third kappa shape index (κ3) is 2.39. The molecule has 0 unspecified atom stereocenters. The lowest BCUT2D eigenvalue weighted by Crippen LogP contribution is -1.94. The van der Waals surface area contributed by atoms with Gasteiger partial charge >= 0.3 is 0 Å². The van der Waals surface area contributed by atoms with Crippen LogP contribution in [0.4, 0.5) is 5.69 Å². The molecule has 0 fully saturated rings. The summed E-state index contributed by atoms with van der Waals surface area (Å²) >= 11 is 3.38. The predicted octanol–water partition coefficient (Wildman–Crippen LogP) is 3.17. The van der Waals surface area contributed by atoms with Crippen LogP contribution in [0.5, 0.6) is 11.6 Å². The third-order valence-electron chi connectivity index (χ3n) is 2.58. The Balaban J connectivity index is 2.05. The van der Waals surface area contributed by atoms with E-state index in [-0.39, 0.29) is 0 Å². The van der Waals surface area contributed by atoms with Crippen LogP contribution in [-0.2, 0) is 0 Å². The lowest BCUT2D eigenvalue weighted by molar-refractivity contribution is 0.465. The molecule has 0 radical (unpaired) electrons. The van der Waals surface area contributed by atoms with E-state index in [4.69, 9.17) is 10.5 Å². The highest BCUT2D eigenvalue weighted by Gasteiger charge is 2.08. The van der Waals surface area contributed by atoms with Gasteiger partial charge in [0.2, 0.25) is 5.88 Å². The number of anilines is 1. The van der Waals surface area contributed by atoms with Gasteiger partial charge in [0.25, 0.3) is 0 Å². The minimum absolute atomic E-state index is 0.501. The summed E-state index contributed by atoms with van der Waals surface area (Å²) in [6.07, 6.45) is 3.43. The average Bonchev–Trinajstić information content (AvgIpc) is 2.69. The van der Waals surface area contributed by atoms with Crippen LogP contribution < -0.4 is 10.5 Å². The van der Waals surface area contributed by atoms with Crippen LogP contribution >= 0.6 is 15.9 Å². The van der Waals surface area contributed by atoms with Crippen LogP contribution in [0.2, 0.25) is 0 Å². The highest BCUT2D eigenvalue weighted by atomic mass is 79.9. The first-order valence-corrected chi connectivity index (χ1v) is 6.46. The SMILES string of the molecule is Cc1cc2c(Oc3cc(N)cc(Br)c3)nccn2n1. The van der Waals surface area contributed by atoms with E-state index in [1.807, 2.05) is 25.1 Å². The predicted molar refractivity (Wildman–Crippen MR) is 76.4 cm³/mol. The quantitative estimate of drug-likeness (QED) is 0.737. The summed E-state index contributed by atoms with van der Waals surface area (Å²) < 4.78 is 8.38. The number of rotatable bonds is 2. The molecule has 0 amide bonds. The first kappa shape index (κ1) is 12.0. The fourth-order valence-corrected chi connectivity index (χ4v) is 2.34. The number of halogens is 1. The number of aromatic nitrogens is 3. The highest BCUT2D eigenvalue weighted by molar-refractivity contribution is 9.10. The number of nitrogens with two attached hydrogens (primary N) is 1. The van der Waals surface area contributed by atoms with E-state index in [0.717, 1.165) is 15.7 Å². The van der Waals surface area contributed by atoms with E-state index in [9.17, 15) is 0 Å². The van der Waals surface area contributed by atoms with Gasteiger partial charge in [-0.05, 0) is 25.1 Å². The number of nitrogens with zero attached hydrogens (tertiary/aromatic N) is 3. The van der Waals surface area contributed by atoms with Gasteiger partial charge in [-0.2, -0.15) is 5.10 Å². The molecule has 0 spiro atoms. The molecule has 6 heteroatoms. The Labute approximate surface area is 118 Å². The molecular formula is C13H11BrN4O. The smallest absolute Gasteiger partial charge is 0.245 e. The lowest BCUT2D eigenvalue weighted by Gasteiger charge is -2.07. The van der Waals surface area contributed by atoms with Crippen molar-refractivity contribution in [2.75, 3.05) is 5.73 Å². The summed E-state index contributed by atoms with van der Waals surface area (Å²) in [4.78, 5) is 4.24. The van der Waals surface area contributed by atoms with Gasteiger partial charge in [0, 0.05) is 28.6 Å². The maximum Gasteiger partial charge on any atom is 0.245 e. The van der Waals surface area contributed by atoms with Crippen molar-refractivity contribution in [3.05, 3.63) is 46.8 Å². The minimum Gasteiger partial charge on any atom is -0.437 e. The summed E-state index contributed by atoms with van der Waals surface area (Å²) in [6, 6.07) is 7.32. The number of aryl methyl sites for hydroxylation is 1. The van der Waals surface area contributed by atoms with Crippen molar-refractivity contribution < 1.29 is 4.74 Å². The number of benzene rings is 1. The second-order valence-electron chi connectivity index (χ2n) is 4.17. The molecule has 0 atom stereocenters. The third-order valence-corrected chi connectivity index (χ3v) is 3.04. The number of hydrogen-bond acceptors (Lipinski definition) is 4. The van der Waals surface area contributed by atoms with Crippen LogP contribution in [0.1, 0.15) is 5.69 Å². The molecule has 0 saturated carbocycles.